The van der Waals surface area contributed by atoms with E-state index >= 15 is 0 Å². The second-order valence-electron chi connectivity index (χ2n) is 4.40. The first-order valence-electron chi connectivity index (χ1n) is 5.81. The SMILES string of the molecule is Nc1ccc(CC(=O)N[C@@H]2CCCC2=O)cc1. The third kappa shape index (κ3) is 3.06. The normalized spacial score (nSPS) is 19.3. The molecule has 1 aromatic carbocycles. The summed E-state index contributed by atoms with van der Waals surface area (Å²) in [5, 5.41) is 2.77. The van der Waals surface area contributed by atoms with Crippen LogP contribution in [0.1, 0.15) is 24.8 Å². The van der Waals surface area contributed by atoms with E-state index in [2.05, 4.69) is 5.32 Å². The number of Topliss-reactive ketones (excluding diaryl/α,β-unsaturated/α-hetero) is 1. The molecule has 4 heteroatoms. The number of anilines is 1. The van der Waals surface area contributed by atoms with E-state index in [-0.39, 0.29) is 17.7 Å². The molecule has 1 aliphatic rings. The van der Waals surface area contributed by atoms with Gasteiger partial charge in [-0.05, 0) is 30.5 Å². The number of hydrogen-bond acceptors (Lipinski definition) is 3. The first-order valence-corrected chi connectivity index (χ1v) is 5.81. The number of nitrogens with two attached hydrogens (primary N) is 1. The highest BCUT2D eigenvalue weighted by Crippen LogP contribution is 2.14. The first-order chi connectivity index (χ1) is 8.15. The summed E-state index contributed by atoms with van der Waals surface area (Å²) in [5.41, 5.74) is 7.15. The van der Waals surface area contributed by atoms with Gasteiger partial charge in [0.15, 0.2) is 5.78 Å². The number of benzene rings is 1. The fraction of sp³-hybridized carbons (Fsp3) is 0.385. The lowest BCUT2D eigenvalue weighted by molar-refractivity contribution is -0.126. The monoisotopic (exact) mass is 232 g/mol. The van der Waals surface area contributed by atoms with E-state index in [1.54, 1.807) is 12.1 Å². The molecule has 1 aromatic rings. The maximum Gasteiger partial charge on any atom is 0.224 e. The standard InChI is InChI=1S/C13H16N2O2/c14-10-6-4-9(5-7-10)8-13(17)15-11-2-1-3-12(11)16/h4-7,11H,1-3,8,14H2,(H,15,17)/t11-/m1/s1. The van der Waals surface area contributed by atoms with E-state index in [9.17, 15) is 9.59 Å². The van der Waals surface area contributed by atoms with E-state index in [4.69, 9.17) is 5.73 Å². The summed E-state index contributed by atoms with van der Waals surface area (Å²) in [7, 11) is 0. The molecule has 1 aliphatic carbocycles. The van der Waals surface area contributed by atoms with Gasteiger partial charge in [0.1, 0.15) is 0 Å². The number of ketones is 1. The lowest BCUT2D eigenvalue weighted by Gasteiger charge is -2.10. The van der Waals surface area contributed by atoms with Crippen molar-refractivity contribution in [2.24, 2.45) is 0 Å². The van der Waals surface area contributed by atoms with Crippen molar-refractivity contribution in [2.45, 2.75) is 31.7 Å². The zero-order valence-electron chi connectivity index (χ0n) is 9.61. The van der Waals surface area contributed by atoms with Gasteiger partial charge in [0, 0.05) is 12.1 Å². The Kier molecular flexibility index (Phi) is 3.42. The predicted octanol–water partition coefficient (Wildman–Crippen LogP) is 1.05. The van der Waals surface area contributed by atoms with Gasteiger partial charge >= 0.3 is 0 Å². The van der Waals surface area contributed by atoms with Gasteiger partial charge in [-0.2, -0.15) is 0 Å². The van der Waals surface area contributed by atoms with Crippen LogP contribution >= 0.6 is 0 Å². The molecule has 17 heavy (non-hydrogen) atoms. The molecule has 1 atom stereocenters. The molecule has 0 saturated heterocycles. The van der Waals surface area contributed by atoms with Crippen molar-refractivity contribution in [2.75, 3.05) is 5.73 Å². The molecule has 90 valence electrons. The largest absolute Gasteiger partial charge is 0.399 e. The molecule has 1 amide bonds. The van der Waals surface area contributed by atoms with E-state index < -0.39 is 0 Å². The van der Waals surface area contributed by atoms with Crippen LogP contribution < -0.4 is 11.1 Å². The summed E-state index contributed by atoms with van der Waals surface area (Å²) < 4.78 is 0. The summed E-state index contributed by atoms with van der Waals surface area (Å²) >= 11 is 0. The minimum atomic E-state index is -0.267. The van der Waals surface area contributed by atoms with Crippen LogP contribution in [0.25, 0.3) is 0 Å². The van der Waals surface area contributed by atoms with E-state index in [1.807, 2.05) is 12.1 Å². The van der Waals surface area contributed by atoms with Crippen LogP contribution in [0.4, 0.5) is 5.69 Å². The van der Waals surface area contributed by atoms with Crippen molar-refractivity contribution >= 4 is 17.4 Å². The molecular weight excluding hydrogens is 216 g/mol. The van der Waals surface area contributed by atoms with Gasteiger partial charge in [-0.15, -0.1) is 0 Å². The Morgan fingerprint density at radius 3 is 2.65 bits per heavy atom. The predicted molar refractivity (Wildman–Crippen MR) is 65.3 cm³/mol. The minimum absolute atomic E-state index is 0.102. The Hall–Kier alpha value is -1.84. The second-order valence-corrected chi connectivity index (χ2v) is 4.40. The highest BCUT2D eigenvalue weighted by Gasteiger charge is 2.25. The van der Waals surface area contributed by atoms with Crippen LogP contribution in [0.15, 0.2) is 24.3 Å². The van der Waals surface area contributed by atoms with Gasteiger partial charge in [0.25, 0.3) is 0 Å². The summed E-state index contributed by atoms with van der Waals surface area (Å²) in [6.45, 7) is 0. The molecule has 3 N–H and O–H groups in total. The van der Waals surface area contributed by atoms with Gasteiger partial charge in [-0.1, -0.05) is 12.1 Å². The molecule has 0 unspecified atom stereocenters. The molecular formula is C13H16N2O2. The second kappa shape index (κ2) is 4.99. The fourth-order valence-electron chi connectivity index (χ4n) is 2.03. The Morgan fingerprint density at radius 1 is 1.35 bits per heavy atom. The summed E-state index contributed by atoms with van der Waals surface area (Å²) in [5.74, 6) is 0.0469. The highest BCUT2D eigenvalue weighted by atomic mass is 16.2. The summed E-state index contributed by atoms with van der Waals surface area (Å²) in [6.07, 6.45) is 2.54. The van der Waals surface area contributed by atoms with Crippen molar-refractivity contribution in [3.8, 4) is 0 Å². The van der Waals surface area contributed by atoms with Crippen LogP contribution in [-0.2, 0) is 16.0 Å². The lowest BCUT2D eigenvalue weighted by Crippen LogP contribution is -2.38. The number of nitrogens with one attached hydrogen (secondary N) is 1. The van der Waals surface area contributed by atoms with Gasteiger partial charge in [0.05, 0.1) is 12.5 Å². The molecule has 0 spiro atoms. The van der Waals surface area contributed by atoms with Crippen LogP contribution in [0.5, 0.6) is 0 Å². The Bertz CT molecular complexity index is 426. The summed E-state index contributed by atoms with van der Waals surface area (Å²) in [4.78, 5) is 23.1. The van der Waals surface area contributed by atoms with E-state index in [1.165, 1.54) is 0 Å². The molecule has 1 fully saturated rings. The topological polar surface area (TPSA) is 72.2 Å². The number of rotatable bonds is 3. The van der Waals surface area contributed by atoms with Gasteiger partial charge in [0.2, 0.25) is 5.91 Å². The van der Waals surface area contributed by atoms with Gasteiger partial charge in [-0.3, -0.25) is 9.59 Å². The maximum atomic E-state index is 11.7. The minimum Gasteiger partial charge on any atom is -0.399 e. The summed E-state index contributed by atoms with van der Waals surface area (Å²) in [6, 6.07) is 6.92. The molecule has 0 radical (unpaired) electrons. The maximum absolute atomic E-state index is 11.7. The quantitative estimate of drug-likeness (QED) is 0.765. The zero-order valence-corrected chi connectivity index (χ0v) is 9.61. The van der Waals surface area contributed by atoms with Crippen molar-refractivity contribution in [3.63, 3.8) is 0 Å². The van der Waals surface area contributed by atoms with E-state index in [0.717, 1.165) is 18.4 Å². The van der Waals surface area contributed by atoms with Crippen LogP contribution in [0.3, 0.4) is 0 Å². The molecule has 1 saturated carbocycles. The number of carbonyl (C=O) groups excluding carboxylic acids is 2. The molecule has 4 nitrogen and oxygen atoms in total. The molecule has 0 bridgehead atoms. The number of hydrogen-bond donors (Lipinski definition) is 2. The van der Waals surface area contributed by atoms with Crippen molar-refractivity contribution in [1.82, 2.24) is 5.32 Å². The van der Waals surface area contributed by atoms with Gasteiger partial charge < -0.3 is 11.1 Å². The first kappa shape index (κ1) is 11.6. The zero-order chi connectivity index (χ0) is 12.3. The van der Waals surface area contributed by atoms with Crippen LogP contribution in [0.2, 0.25) is 0 Å². The average molecular weight is 232 g/mol. The Balaban J connectivity index is 1.88. The Morgan fingerprint density at radius 2 is 2.06 bits per heavy atom. The van der Waals surface area contributed by atoms with Crippen molar-refractivity contribution in [1.29, 1.82) is 0 Å². The third-order valence-electron chi connectivity index (χ3n) is 2.98. The number of amides is 1. The molecule has 2 rings (SSSR count). The van der Waals surface area contributed by atoms with Gasteiger partial charge in [-0.25, -0.2) is 0 Å². The number of nitrogen functional groups attached to an aromatic ring is 1. The third-order valence-corrected chi connectivity index (χ3v) is 2.98. The smallest absolute Gasteiger partial charge is 0.224 e. The number of carbonyl (C=O) groups is 2. The van der Waals surface area contributed by atoms with Crippen molar-refractivity contribution in [3.05, 3.63) is 29.8 Å². The lowest BCUT2D eigenvalue weighted by atomic mass is 10.1. The van der Waals surface area contributed by atoms with Crippen LogP contribution in [0, 0.1) is 0 Å². The molecule has 0 aliphatic heterocycles. The average Bonchev–Trinajstić information content (AvgIpc) is 2.68. The van der Waals surface area contributed by atoms with Crippen LogP contribution in [-0.4, -0.2) is 17.7 Å². The van der Waals surface area contributed by atoms with E-state index in [0.29, 0.717) is 18.5 Å². The Labute approximate surface area is 100 Å². The fourth-order valence-corrected chi connectivity index (χ4v) is 2.03. The van der Waals surface area contributed by atoms with Crippen molar-refractivity contribution < 1.29 is 9.59 Å². The molecule has 0 aromatic heterocycles. The molecule has 0 heterocycles. The highest BCUT2D eigenvalue weighted by molar-refractivity contribution is 5.91.